The molecule has 1 N–H and O–H groups in total. The van der Waals surface area contributed by atoms with Gasteiger partial charge in [-0.2, -0.15) is 0 Å². The minimum Gasteiger partial charge on any atom is -0.345 e. The van der Waals surface area contributed by atoms with Gasteiger partial charge in [-0.1, -0.05) is 71.2 Å². The Morgan fingerprint density at radius 1 is 0.879 bits per heavy atom. The lowest BCUT2D eigenvalue weighted by Gasteiger charge is -2.14. The average molecular weight is 497 g/mol. The van der Waals surface area contributed by atoms with Crippen LogP contribution in [0.3, 0.4) is 0 Å². The second-order valence-corrected chi connectivity index (χ2v) is 8.56. The van der Waals surface area contributed by atoms with E-state index in [0.717, 1.165) is 22.5 Å². The number of carbonyl (C=O) groups excluding carboxylic acids is 1. The monoisotopic (exact) mass is 495 g/mol. The van der Waals surface area contributed by atoms with Crippen LogP contribution >= 0.6 is 34.8 Å². The Kier molecular flexibility index (Phi) is 5.89. The second kappa shape index (κ2) is 8.98. The zero-order valence-corrected chi connectivity index (χ0v) is 19.4. The predicted octanol–water partition coefficient (Wildman–Crippen LogP) is 5.51. The summed E-state index contributed by atoms with van der Waals surface area (Å²) in [6, 6.07) is 20.2. The number of amides is 1. The van der Waals surface area contributed by atoms with Gasteiger partial charge in [0.25, 0.3) is 5.91 Å². The van der Waals surface area contributed by atoms with Crippen molar-refractivity contribution in [2.75, 3.05) is 0 Å². The van der Waals surface area contributed by atoms with Crippen LogP contribution in [0.15, 0.2) is 71.7 Å². The van der Waals surface area contributed by atoms with Crippen LogP contribution in [0.25, 0.3) is 5.69 Å². The Labute approximate surface area is 204 Å². The molecule has 3 aromatic carbocycles. The number of halogens is 3. The molecule has 9 heteroatoms. The highest BCUT2D eigenvalue weighted by molar-refractivity contribution is 6.42. The van der Waals surface area contributed by atoms with Crippen molar-refractivity contribution in [3.8, 4) is 5.69 Å². The molecular weight excluding hydrogens is 481 g/mol. The van der Waals surface area contributed by atoms with Gasteiger partial charge in [0.15, 0.2) is 11.6 Å². The summed E-state index contributed by atoms with van der Waals surface area (Å²) < 4.78 is 1.93. The molecule has 0 unspecified atom stereocenters. The number of carbonyl (C=O) groups is 1. The molecule has 4 aromatic rings. The van der Waals surface area contributed by atoms with Crippen LogP contribution < -0.4 is 5.32 Å². The van der Waals surface area contributed by atoms with Gasteiger partial charge < -0.3 is 5.32 Å². The van der Waals surface area contributed by atoms with Gasteiger partial charge in [-0.05, 0) is 30.3 Å². The molecule has 0 radical (unpaired) electrons. The summed E-state index contributed by atoms with van der Waals surface area (Å²) in [5.41, 5.74) is 3.81. The van der Waals surface area contributed by atoms with Crippen molar-refractivity contribution in [2.45, 2.75) is 13.1 Å². The number of hydrogen-bond acceptors (Lipinski definition) is 4. The van der Waals surface area contributed by atoms with Crippen LogP contribution in [0.1, 0.15) is 33.1 Å². The zero-order chi connectivity index (χ0) is 22.9. The van der Waals surface area contributed by atoms with Crippen molar-refractivity contribution < 1.29 is 4.79 Å². The van der Waals surface area contributed by atoms with E-state index in [2.05, 4.69) is 15.5 Å². The average Bonchev–Trinajstić information content (AvgIpc) is 3.15. The number of fused-ring (bicyclic) bond motifs is 3. The topological polar surface area (TPSA) is 72.2 Å². The summed E-state index contributed by atoms with van der Waals surface area (Å²) in [5.74, 6) is 0.964. The molecule has 1 aliphatic heterocycles. The van der Waals surface area contributed by atoms with Crippen molar-refractivity contribution in [3.05, 3.63) is 110 Å². The molecule has 0 aliphatic carbocycles. The van der Waals surface area contributed by atoms with Gasteiger partial charge >= 0.3 is 0 Å². The SMILES string of the molecule is O=C(NCc1nnc2n1-c1ccccc1C(c1ccccc1Cl)=NC2)c1ccc(Cl)c(Cl)c1. The fraction of sp³-hybridized carbons (Fsp3) is 0.0833. The Morgan fingerprint density at radius 2 is 1.64 bits per heavy atom. The minimum absolute atomic E-state index is 0.168. The summed E-state index contributed by atoms with van der Waals surface area (Å²) in [5, 5.41) is 12.8. The highest BCUT2D eigenvalue weighted by Gasteiger charge is 2.23. The molecule has 33 heavy (non-hydrogen) atoms. The van der Waals surface area contributed by atoms with Gasteiger partial charge in [-0.25, -0.2) is 0 Å². The van der Waals surface area contributed by atoms with Crippen LogP contribution in [-0.2, 0) is 13.1 Å². The van der Waals surface area contributed by atoms with Crippen molar-refractivity contribution in [1.82, 2.24) is 20.1 Å². The van der Waals surface area contributed by atoms with Gasteiger partial charge in [0.1, 0.15) is 6.54 Å². The number of aliphatic imine (C=N–C) groups is 1. The Morgan fingerprint density at radius 3 is 2.42 bits per heavy atom. The lowest BCUT2D eigenvalue weighted by Crippen LogP contribution is -2.25. The highest BCUT2D eigenvalue weighted by Crippen LogP contribution is 2.28. The Hall–Kier alpha value is -3.19. The van der Waals surface area contributed by atoms with E-state index in [0.29, 0.717) is 38.8 Å². The van der Waals surface area contributed by atoms with Gasteiger partial charge in [-0.3, -0.25) is 14.4 Å². The molecular formula is C24H16Cl3N5O. The zero-order valence-electron chi connectivity index (χ0n) is 17.1. The van der Waals surface area contributed by atoms with Crippen molar-refractivity contribution in [2.24, 2.45) is 4.99 Å². The molecule has 0 saturated carbocycles. The molecule has 0 spiro atoms. The molecule has 0 saturated heterocycles. The molecule has 0 fully saturated rings. The number of rotatable bonds is 4. The largest absolute Gasteiger partial charge is 0.345 e. The van der Waals surface area contributed by atoms with Crippen molar-refractivity contribution in [3.63, 3.8) is 0 Å². The third-order valence-corrected chi connectivity index (χ3v) is 6.36. The van der Waals surface area contributed by atoms with Crippen LogP contribution in [0.4, 0.5) is 0 Å². The second-order valence-electron chi connectivity index (χ2n) is 7.34. The van der Waals surface area contributed by atoms with E-state index in [4.69, 9.17) is 39.8 Å². The maximum atomic E-state index is 12.7. The van der Waals surface area contributed by atoms with Crippen LogP contribution in [0.2, 0.25) is 15.1 Å². The number of hydrogen-bond donors (Lipinski definition) is 1. The van der Waals surface area contributed by atoms with E-state index < -0.39 is 0 Å². The van der Waals surface area contributed by atoms with Gasteiger partial charge in [0.2, 0.25) is 0 Å². The van der Waals surface area contributed by atoms with E-state index >= 15 is 0 Å². The first kappa shape index (κ1) is 21.6. The van der Waals surface area contributed by atoms with E-state index in [1.165, 1.54) is 6.07 Å². The van der Waals surface area contributed by atoms with E-state index in [1.807, 2.05) is 53.1 Å². The maximum absolute atomic E-state index is 12.7. The minimum atomic E-state index is -0.291. The molecule has 6 nitrogen and oxygen atoms in total. The molecule has 1 aliphatic rings. The molecule has 1 amide bonds. The third-order valence-electron chi connectivity index (χ3n) is 5.29. The number of aromatic nitrogens is 3. The lowest BCUT2D eigenvalue weighted by atomic mass is 10.0. The van der Waals surface area contributed by atoms with Gasteiger partial charge in [0.05, 0.1) is 28.0 Å². The normalized spacial score (nSPS) is 12.4. The van der Waals surface area contributed by atoms with Crippen molar-refractivity contribution in [1.29, 1.82) is 0 Å². The summed E-state index contributed by atoms with van der Waals surface area (Å²) in [6.45, 7) is 0.491. The molecule has 0 atom stereocenters. The van der Waals surface area contributed by atoms with Crippen LogP contribution in [0, 0.1) is 0 Å². The first-order valence-corrected chi connectivity index (χ1v) is 11.2. The number of para-hydroxylation sites is 1. The summed E-state index contributed by atoms with van der Waals surface area (Å²) in [7, 11) is 0. The van der Waals surface area contributed by atoms with Gasteiger partial charge in [-0.15, -0.1) is 10.2 Å². The number of benzene rings is 3. The predicted molar refractivity (Wildman–Crippen MR) is 130 cm³/mol. The van der Waals surface area contributed by atoms with Crippen molar-refractivity contribution >= 4 is 46.4 Å². The number of nitrogens with zero attached hydrogens (tertiary/aromatic N) is 4. The quantitative estimate of drug-likeness (QED) is 0.405. The third kappa shape index (κ3) is 4.13. The smallest absolute Gasteiger partial charge is 0.251 e. The number of nitrogens with one attached hydrogen (secondary N) is 1. The molecule has 2 heterocycles. The highest BCUT2D eigenvalue weighted by atomic mass is 35.5. The fourth-order valence-corrected chi connectivity index (χ4v) is 4.26. The summed E-state index contributed by atoms with van der Waals surface area (Å²) in [6.07, 6.45) is 0. The Bertz CT molecular complexity index is 1410. The lowest BCUT2D eigenvalue weighted by molar-refractivity contribution is 0.0949. The standard InChI is InChI=1S/C24H16Cl3N5O/c25-17-7-3-1-5-15(17)23-16-6-2-4-8-20(16)32-21(12-28-23)30-31-22(32)13-29-24(33)14-9-10-18(26)19(27)11-14/h1-11H,12-13H2,(H,29,33). The van der Waals surface area contributed by atoms with Gasteiger partial charge in [0, 0.05) is 21.7 Å². The fourth-order valence-electron chi connectivity index (χ4n) is 3.73. The van der Waals surface area contributed by atoms with E-state index in [9.17, 15) is 4.79 Å². The first-order valence-electron chi connectivity index (χ1n) is 10.1. The molecule has 164 valence electrons. The molecule has 5 rings (SSSR count). The Balaban J connectivity index is 1.48. The molecule has 0 bridgehead atoms. The summed E-state index contributed by atoms with van der Waals surface area (Å²) >= 11 is 18.5. The maximum Gasteiger partial charge on any atom is 0.251 e. The van der Waals surface area contributed by atoms with Crippen LogP contribution in [-0.4, -0.2) is 26.4 Å². The summed E-state index contributed by atoms with van der Waals surface area (Å²) in [4.78, 5) is 17.5. The molecule has 1 aromatic heterocycles. The first-order chi connectivity index (χ1) is 16.0. The van der Waals surface area contributed by atoms with E-state index in [1.54, 1.807) is 12.1 Å². The van der Waals surface area contributed by atoms with Crippen LogP contribution in [0.5, 0.6) is 0 Å². The van der Waals surface area contributed by atoms with E-state index in [-0.39, 0.29) is 12.5 Å².